The molecule has 2 atom stereocenters. The van der Waals surface area contributed by atoms with Gasteiger partial charge in [-0.05, 0) is 36.0 Å². The van der Waals surface area contributed by atoms with Crippen molar-refractivity contribution in [1.29, 1.82) is 0 Å². The van der Waals surface area contributed by atoms with Gasteiger partial charge in [0, 0.05) is 25.0 Å². The number of fused-ring (bicyclic) bond motifs is 1. The minimum absolute atomic E-state index is 0.638. The van der Waals surface area contributed by atoms with Crippen molar-refractivity contribution in [2.75, 3.05) is 6.54 Å². The molecular formula is C12H14N2. The summed E-state index contributed by atoms with van der Waals surface area (Å²) in [7, 11) is 0. The van der Waals surface area contributed by atoms with Gasteiger partial charge in [-0.15, -0.1) is 0 Å². The standard InChI is InChI=1S/C12H14N2/c1-2-10(7-13-5-1)9-3-4-11-8-14-12(11)6-9/h1-2,5-7,11-12,14H,3-4,8H2/t11-,12-/m1/s1. The van der Waals surface area contributed by atoms with Gasteiger partial charge in [0.25, 0.3) is 0 Å². The van der Waals surface area contributed by atoms with Gasteiger partial charge in [-0.1, -0.05) is 12.1 Å². The van der Waals surface area contributed by atoms with Crippen LogP contribution in [0.3, 0.4) is 0 Å². The van der Waals surface area contributed by atoms with Crippen LogP contribution in [-0.2, 0) is 0 Å². The largest absolute Gasteiger partial charge is 0.310 e. The van der Waals surface area contributed by atoms with Crippen molar-refractivity contribution in [3.63, 3.8) is 0 Å². The summed E-state index contributed by atoms with van der Waals surface area (Å²) in [6, 6.07) is 4.80. The van der Waals surface area contributed by atoms with Gasteiger partial charge in [0.05, 0.1) is 0 Å². The molecule has 0 amide bonds. The van der Waals surface area contributed by atoms with Crippen molar-refractivity contribution in [1.82, 2.24) is 10.3 Å². The van der Waals surface area contributed by atoms with Crippen molar-refractivity contribution in [3.8, 4) is 0 Å². The molecule has 0 saturated carbocycles. The van der Waals surface area contributed by atoms with Gasteiger partial charge in [-0.25, -0.2) is 0 Å². The molecule has 14 heavy (non-hydrogen) atoms. The Morgan fingerprint density at radius 2 is 2.43 bits per heavy atom. The first-order valence-corrected chi connectivity index (χ1v) is 5.28. The topological polar surface area (TPSA) is 24.9 Å². The Balaban J connectivity index is 1.89. The molecule has 1 aromatic rings. The highest BCUT2D eigenvalue weighted by molar-refractivity contribution is 5.66. The molecule has 2 nitrogen and oxygen atoms in total. The van der Waals surface area contributed by atoms with Crippen LogP contribution in [0.5, 0.6) is 0 Å². The van der Waals surface area contributed by atoms with E-state index in [0.717, 1.165) is 5.92 Å². The maximum absolute atomic E-state index is 4.16. The van der Waals surface area contributed by atoms with E-state index < -0.39 is 0 Å². The average molecular weight is 186 g/mol. The van der Waals surface area contributed by atoms with E-state index in [4.69, 9.17) is 0 Å². The monoisotopic (exact) mass is 186 g/mol. The van der Waals surface area contributed by atoms with Gasteiger partial charge in [0.2, 0.25) is 0 Å². The molecule has 2 aliphatic rings. The molecule has 0 spiro atoms. The predicted octanol–water partition coefficient (Wildman–Crippen LogP) is 1.85. The minimum atomic E-state index is 0.638. The van der Waals surface area contributed by atoms with E-state index in [-0.39, 0.29) is 0 Å². The van der Waals surface area contributed by atoms with E-state index >= 15 is 0 Å². The third-order valence-corrected chi connectivity index (χ3v) is 3.32. The highest BCUT2D eigenvalue weighted by Gasteiger charge is 2.31. The van der Waals surface area contributed by atoms with Crippen molar-refractivity contribution < 1.29 is 0 Å². The third-order valence-electron chi connectivity index (χ3n) is 3.32. The van der Waals surface area contributed by atoms with Gasteiger partial charge in [-0.2, -0.15) is 0 Å². The summed E-state index contributed by atoms with van der Waals surface area (Å²) in [5, 5.41) is 3.45. The Bertz CT molecular complexity index is 356. The predicted molar refractivity (Wildman–Crippen MR) is 56.7 cm³/mol. The highest BCUT2D eigenvalue weighted by atomic mass is 15.0. The quantitative estimate of drug-likeness (QED) is 0.724. The SMILES string of the molecule is C1=C(c2cccnc2)CC[C@@H]2CN[C@H]12. The Morgan fingerprint density at radius 1 is 1.43 bits per heavy atom. The smallest absolute Gasteiger partial charge is 0.0342 e. The third kappa shape index (κ3) is 1.26. The first-order valence-electron chi connectivity index (χ1n) is 5.28. The molecule has 1 aliphatic carbocycles. The van der Waals surface area contributed by atoms with Gasteiger partial charge in [0.15, 0.2) is 0 Å². The molecule has 1 aromatic heterocycles. The summed E-state index contributed by atoms with van der Waals surface area (Å²) in [5.41, 5.74) is 2.76. The molecule has 3 rings (SSSR count). The lowest BCUT2D eigenvalue weighted by atomic mass is 9.79. The molecule has 72 valence electrons. The van der Waals surface area contributed by atoms with Crippen LogP contribution < -0.4 is 5.32 Å². The lowest BCUT2D eigenvalue weighted by molar-refractivity contribution is 0.256. The summed E-state index contributed by atoms with van der Waals surface area (Å²) in [6.07, 6.45) is 8.73. The van der Waals surface area contributed by atoms with Gasteiger partial charge >= 0.3 is 0 Å². The van der Waals surface area contributed by atoms with E-state index in [2.05, 4.69) is 22.4 Å². The zero-order chi connectivity index (χ0) is 9.38. The van der Waals surface area contributed by atoms with Gasteiger partial charge < -0.3 is 5.32 Å². The summed E-state index contributed by atoms with van der Waals surface area (Å²) in [5.74, 6) is 0.899. The fourth-order valence-corrected chi connectivity index (χ4v) is 2.33. The number of pyridine rings is 1. The molecule has 2 heteroatoms. The Morgan fingerprint density at radius 3 is 3.07 bits per heavy atom. The lowest BCUT2D eigenvalue weighted by Gasteiger charge is -2.40. The van der Waals surface area contributed by atoms with Crippen LogP contribution in [0, 0.1) is 5.92 Å². The first kappa shape index (κ1) is 8.18. The van der Waals surface area contributed by atoms with Gasteiger partial charge in [-0.3, -0.25) is 4.98 Å². The number of aromatic nitrogens is 1. The van der Waals surface area contributed by atoms with Crippen LogP contribution >= 0.6 is 0 Å². The summed E-state index contributed by atoms with van der Waals surface area (Å²) < 4.78 is 0. The maximum atomic E-state index is 4.16. The molecular weight excluding hydrogens is 172 g/mol. The van der Waals surface area contributed by atoms with Crippen LogP contribution in [0.2, 0.25) is 0 Å². The fraction of sp³-hybridized carbons (Fsp3) is 0.417. The van der Waals surface area contributed by atoms with Crippen molar-refractivity contribution >= 4 is 5.57 Å². The number of hydrogen-bond acceptors (Lipinski definition) is 2. The van der Waals surface area contributed by atoms with Crippen molar-refractivity contribution in [2.24, 2.45) is 5.92 Å². The number of allylic oxidation sites excluding steroid dienone is 1. The molecule has 0 unspecified atom stereocenters. The second-order valence-corrected chi connectivity index (χ2v) is 4.17. The van der Waals surface area contributed by atoms with Crippen LogP contribution in [0.25, 0.3) is 5.57 Å². The van der Waals surface area contributed by atoms with E-state index in [0.29, 0.717) is 6.04 Å². The fourth-order valence-electron chi connectivity index (χ4n) is 2.33. The Labute approximate surface area is 84.1 Å². The van der Waals surface area contributed by atoms with E-state index in [1.165, 1.54) is 30.5 Å². The number of nitrogens with one attached hydrogen (secondary N) is 1. The lowest BCUT2D eigenvalue weighted by Crippen LogP contribution is -2.52. The number of hydrogen-bond donors (Lipinski definition) is 1. The van der Waals surface area contributed by atoms with Crippen LogP contribution in [0.1, 0.15) is 18.4 Å². The molecule has 0 aromatic carbocycles. The molecule has 1 aliphatic heterocycles. The van der Waals surface area contributed by atoms with E-state index in [9.17, 15) is 0 Å². The van der Waals surface area contributed by atoms with E-state index in [1.54, 1.807) is 0 Å². The Kier molecular flexibility index (Phi) is 1.88. The van der Waals surface area contributed by atoms with E-state index in [1.807, 2.05) is 18.5 Å². The molecule has 2 heterocycles. The second-order valence-electron chi connectivity index (χ2n) is 4.17. The normalized spacial score (nSPS) is 30.1. The molecule has 1 saturated heterocycles. The van der Waals surface area contributed by atoms with Crippen LogP contribution in [0.4, 0.5) is 0 Å². The summed E-state index contributed by atoms with van der Waals surface area (Å²) >= 11 is 0. The zero-order valence-corrected chi connectivity index (χ0v) is 8.11. The average Bonchev–Trinajstić information content (AvgIpc) is 2.21. The molecule has 1 fully saturated rings. The number of rotatable bonds is 1. The second kappa shape index (κ2) is 3.21. The van der Waals surface area contributed by atoms with Gasteiger partial charge in [0.1, 0.15) is 0 Å². The van der Waals surface area contributed by atoms with Crippen molar-refractivity contribution in [2.45, 2.75) is 18.9 Å². The minimum Gasteiger partial charge on any atom is -0.310 e. The van der Waals surface area contributed by atoms with Crippen molar-refractivity contribution in [3.05, 3.63) is 36.2 Å². The molecule has 0 bridgehead atoms. The first-order chi connectivity index (χ1) is 6.93. The molecule has 0 radical (unpaired) electrons. The highest BCUT2D eigenvalue weighted by Crippen LogP contribution is 2.33. The molecule has 1 N–H and O–H groups in total. The Hall–Kier alpha value is -1.15. The summed E-state index contributed by atoms with van der Waals surface area (Å²) in [6.45, 7) is 1.21. The summed E-state index contributed by atoms with van der Waals surface area (Å²) in [4.78, 5) is 4.16. The zero-order valence-electron chi connectivity index (χ0n) is 8.11. The number of nitrogens with zero attached hydrogens (tertiary/aromatic N) is 1. The maximum Gasteiger partial charge on any atom is 0.0342 e. The van der Waals surface area contributed by atoms with Crippen LogP contribution in [0.15, 0.2) is 30.6 Å². The van der Waals surface area contributed by atoms with Crippen LogP contribution in [-0.4, -0.2) is 17.6 Å².